The largest absolute Gasteiger partial charge is 0.330 e. The van der Waals surface area contributed by atoms with Gasteiger partial charge in [0.05, 0.1) is 17.9 Å². The van der Waals surface area contributed by atoms with Gasteiger partial charge in [-0.2, -0.15) is 0 Å². The van der Waals surface area contributed by atoms with Gasteiger partial charge in [0.1, 0.15) is 5.82 Å². The van der Waals surface area contributed by atoms with Crippen molar-refractivity contribution in [3.63, 3.8) is 0 Å². The summed E-state index contributed by atoms with van der Waals surface area (Å²) in [7, 11) is 0. The predicted molar refractivity (Wildman–Crippen MR) is 87.3 cm³/mol. The fourth-order valence-electron chi connectivity index (χ4n) is 3.63. The van der Waals surface area contributed by atoms with Gasteiger partial charge in [0.2, 0.25) is 0 Å². The number of anilines is 1. The number of aryl methyl sites for hydroxylation is 2. The number of imidazole rings is 1. The molecule has 120 valence electrons. The first-order valence-corrected chi connectivity index (χ1v) is 8.29. The minimum absolute atomic E-state index is 0.0365. The maximum Gasteiger partial charge on any atom is 0.319 e. The molecule has 0 aromatic carbocycles. The number of pyridine rings is 1. The first-order chi connectivity index (χ1) is 11.2. The molecule has 4 rings (SSSR count). The lowest BCUT2D eigenvalue weighted by atomic mass is 9.96. The van der Waals surface area contributed by atoms with Crippen LogP contribution < -0.4 is 10.6 Å². The molecule has 2 aromatic rings. The number of hydrogen-bond acceptors (Lipinski definition) is 3. The van der Waals surface area contributed by atoms with Crippen molar-refractivity contribution in [2.24, 2.45) is 0 Å². The van der Waals surface area contributed by atoms with E-state index in [-0.39, 0.29) is 12.1 Å². The third-order valence-corrected chi connectivity index (χ3v) is 4.79. The summed E-state index contributed by atoms with van der Waals surface area (Å²) in [6, 6.07) is 2.18. The number of amides is 2. The fraction of sp³-hybridized carbons (Fsp3) is 0.471. The molecular weight excluding hydrogens is 290 g/mol. The zero-order valence-corrected chi connectivity index (χ0v) is 13.2. The molecule has 0 saturated heterocycles. The van der Waals surface area contributed by atoms with Crippen LogP contribution in [0.15, 0.2) is 24.7 Å². The number of nitrogens with zero attached hydrogens (tertiary/aromatic N) is 3. The molecule has 2 atom stereocenters. The van der Waals surface area contributed by atoms with E-state index in [0.29, 0.717) is 6.04 Å². The third-order valence-electron chi connectivity index (χ3n) is 4.79. The minimum atomic E-state index is -0.198. The van der Waals surface area contributed by atoms with E-state index in [1.807, 2.05) is 6.20 Å². The van der Waals surface area contributed by atoms with Crippen LogP contribution in [-0.2, 0) is 12.8 Å². The second kappa shape index (κ2) is 5.68. The lowest BCUT2D eigenvalue weighted by Crippen LogP contribution is -2.32. The summed E-state index contributed by atoms with van der Waals surface area (Å²) in [6.45, 7) is 2.14. The van der Waals surface area contributed by atoms with Gasteiger partial charge in [-0.15, -0.1) is 0 Å². The normalized spacial score (nSPS) is 22.3. The van der Waals surface area contributed by atoms with E-state index in [2.05, 4.69) is 38.2 Å². The molecule has 0 fully saturated rings. The van der Waals surface area contributed by atoms with Crippen molar-refractivity contribution in [3.8, 4) is 0 Å². The Hall–Kier alpha value is -2.37. The molecule has 23 heavy (non-hydrogen) atoms. The predicted octanol–water partition coefficient (Wildman–Crippen LogP) is 2.98. The number of hydrogen-bond donors (Lipinski definition) is 2. The molecule has 0 radical (unpaired) electrons. The molecule has 2 amide bonds. The van der Waals surface area contributed by atoms with Gasteiger partial charge in [-0.1, -0.05) is 0 Å². The third kappa shape index (κ3) is 2.69. The zero-order chi connectivity index (χ0) is 15.8. The average Bonchev–Trinajstić information content (AvgIpc) is 3.13. The van der Waals surface area contributed by atoms with Crippen LogP contribution in [0.4, 0.5) is 10.5 Å². The number of carbonyl (C=O) groups excluding carboxylic acids is 1. The molecular formula is C17H21N5O. The highest BCUT2D eigenvalue weighted by molar-refractivity contribution is 5.89. The summed E-state index contributed by atoms with van der Waals surface area (Å²) < 4.78 is 2.12. The van der Waals surface area contributed by atoms with Gasteiger partial charge < -0.3 is 15.2 Å². The Morgan fingerprint density at radius 2 is 2.17 bits per heavy atom. The molecule has 2 N–H and O–H groups in total. The summed E-state index contributed by atoms with van der Waals surface area (Å²) in [4.78, 5) is 21.1. The number of aromatic nitrogens is 3. The van der Waals surface area contributed by atoms with Crippen LogP contribution in [0.1, 0.15) is 55.4 Å². The summed E-state index contributed by atoms with van der Waals surface area (Å²) in [5, 5.41) is 5.93. The van der Waals surface area contributed by atoms with Crippen molar-refractivity contribution in [1.29, 1.82) is 0 Å². The SMILES string of the molecule is CC1CC(NC(=O)Nc2cnc3c(c2)CCCC3)c2nccn21. The van der Waals surface area contributed by atoms with Crippen molar-refractivity contribution in [1.82, 2.24) is 19.9 Å². The molecule has 1 aliphatic heterocycles. The molecule has 2 unspecified atom stereocenters. The lowest BCUT2D eigenvalue weighted by Gasteiger charge is -2.17. The van der Waals surface area contributed by atoms with Crippen molar-refractivity contribution >= 4 is 11.7 Å². The number of carbonyl (C=O) groups is 1. The van der Waals surface area contributed by atoms with Gasteiger partial charge >= 0.3 is 6.03 Å². The van der Waals surface area contributed by atoms with E-state index >= 15 is 0 Å². The van der Waals surface area contributed by atoms with E-state index in [1.165, 1.54) is 24.1 Å². The fourth-order valence-corrected chi connectivity index (χ4v) is 3.63. The number of fused-ring (bicyclic) bond motifs is 2. The van der Waals surface area contributed by atoms with Crippen LogP contribution in [0.25, 0.3) is 0 Å². The monoisotopic (exact) mass is 311 g/mol. The molecule has 6 nitrogen and oxygen atoms in total. The molecule has 2 aromatic heterocycles. The van der Waals surface area contributed by atoms with Crippen molar-refractivity contribution in [2.75, 3.05) is 5.32 Å². The van der Waals surface area contributed by atoms with Crippen LogP contribution in [0.3, 0.4) is 0 Å². The Morgan fingerprint density at radius 1 is 1.30 bits per heavy atom. The molecule has 0 saturated carbocycles. The highest BCUT2D eigenvalue weighted by Gasteiger charge is 2.30. The van der Waals surface area contributed by atoms with Gasteiger partial charge in [-0.05, 0) is 50.7 Å². The minimum Gasteiger partial charge on any atom is -0.330 e. The summed E-state index contributed by atoms with van der Waals surface area (Å²) in [6.07, 6.45) is 10.9. The molecule has 6 heteroatoms. The van der Waals surface area contributed by atoms with Crippen LogP contribution in [-0.4, -0.2) is 20.6 Å². The van der Waals surface area contributed by atoms with Crippen molar-refractivity contribution in [2.45, 2.75) is 51.1 Å². The smallest absolute Gasteiger partial charge is 0.319 e. The van der Waals surface area contributed by atoms with Crippen LogP contribution in [0.5, 0.6) is 0 Å². The quantitative estimate of drug-likeness (QED) is 0.895. The first kappa shape index (κ1) is 14.2. The second-order valence-corrected chi connectivity index (χ2v) is 6.47. The Balaban J connectivity index is 1.43. The number of rotatable bonds is 2. The average molecular weight is 311 g/mol. The van der Waals surface area contributed by atoms with Crippen molar-refractivity contribution < 1.29 is 4.79 Å². The van der Waals surface area contributed by atoms with Gasteiger partial charge in [0.15, 0.2) is 0 Å². The Bertz CT molecular complexity index is 738. The van der Waals surface area contributed by atoms with Crippen LogP contribution in [0.2, 0.25) is 0 Å². The zero-order valence-electron chi connectivity index (χ0n) is 13.2. The summed E-state index contributed by atoms with van der Waals surface area (Å²) >= 11 is 0. The van der Waals surface area contributed by atoms with Crippen molar-refractivity contribution in [3.05, 3.63) is 41.7 Å². The van der Waals surface area contributed by atoms with E-state index in [9.17, 15) is 4.79 Å². The highest BCUT2D eigenvalue weighted by atomic mass is 16.2. The van der Waals surface area contributed by atoms with E-state index in [1.54, 1.807) is 12.4 Å². The van der Waals surface area contributed by atoms with Gasteiger partial charge in [0, 0.05) is 24.1 Å². The lowest BCUT2D eigenvalue weighted by molar-refractivity contribution is 0.248. The number of urea groups is 1. The maximum absolute atomic E-state index is 12.3. The first-order valence-electron chi connectivity index (χ1n) is 8.29. The van der Waals surface area contributed by atoms with E-state index < -0.39 is 0 Å². The Kier molecular flexibility index (Phi) is 3.52. The molecule has 0 spiro atoms. The van der Waals surface area contributed by atoms with E-state index in [0.717, 1.165) is 30.8 Å². The van der Waals surface area contributed by atoms with Gasteiger partial charge in [-0.25, -0.2) is 9.78 Å². The van der Waals surface area contributed by atoms with E-state index in [4.69, 9.17) is 0 Å². The molecule has 1 aliphatic carbocycles. The summed E-state index contributed by atoms with van der Waals surface area (Å²) in [5.41, 5.74) is 3.20. The molecule has 0 bridgehead atoms. The van der Waals surface area contributed by atoms with Crippen LogP contribution in [0, 0.1) is 0 Å². The second-order valence-electron chi connectivity index (χ2n) is 6.47. The summed E-state index contributed by atoms with van der Waals surface area (Å²) in [5.74, 6) is 0.927. The number of nitrogens with one attached hydrogen (secondary N) is 2. The Labute approximate surface area is 135 Å². The van der Waals surface area contributed by atoms with Gasteiger partial charge in [-0.3, -0.25) is 4.98 Å². The standard InChI is InChI=1S/C17H21N5O/c1-11-8-15(16-18-6-7-22(11)16)21-17(23)20-13-9-12-4-2-3-5-14(12)19-10-13/h6-7,9-11,15H,2-5,8H2,1H3,(H2,20,21,23). The molecule has 3 heterocycles. The Morgan fingerprint density at radius 3 is 3.09 bits per heavy atom. The topological polar surface area (TPSA) is 71.8 Å². The highest BCUT2D eigenvalue weighted by Crippen LogP contribution is 2.32. The molecule has 2 aliphatic rings. The van der Waals surface area contributed by atoms with Gasteiger partial charge in [0.25, 0.3) is 0 Å². The van der Waals surface area contributed by atoms with Crippen LogP contribution >= 0.6 is 0 Å². The maximum atomic E-state index is 12.3.